The number of carbonyl (C=O) groups excluding carboxylic acids is 1. The monoisotopic (exact) mass is 396 g/mol. The molecule has 7 heteroatoms. The molecule has 0 aliphatic rings. The minimum atomic E-state index is -0.383. The SMILES string of the molecule is Bc1cc(Br)c2nc3ccccc3nc2c1OC(=O)c1cccs1. The second-order valence-electron chi connectivity index (χ2n) is 5.28. The zero-order chi connectivity index (χ0) is 16.7. The van der Waals surface area contributed by atoms with Crippen LogP contribution in [0.1, 0.15) is 9.67 Å². The number of thiophene rings is 1. The van der Waals surface area contributed by atoms with Crippen LogP contribution in [0.3, 0.4) is 0 Å². The van der Waals surface area contributed by atoms with Crippen LogP contribution < -0.4 is 10.2 Å². The summed E-state index contributed by atoms with van der Waals surface area (Å²) in [6.45, 7) is 0. The lowest BCUT2D eigenvalue weighted by molar-refractivity contribution is 0.0743. The molecule has 4 nitrogen and oxygen atoms in total. The van der Waals surface area contributed by atoms with Crippen LogP contribution in [-0.2, 0) is 0 Å². The van der Waals surface area contributed by atoms with E-state index >= 15 is 0 Å². The van der Waals surface area contributed by atoms with Gasteiger partial charge >= 0.3 is 5.97 Å². The number of carbonyl (C=O) groups is 1. The van der Waals surface area contributed by atoms with Crippen LogP contribution in [-0.4, -0.2) is 23.8 Å². The van der Waals surface area contributed by atoms with Crippen molar-refractivity contribution in [3.8, 4) is 5.75 Å². The lowest BCUT2D eigenvalue weighted by atomic mass is 9.94. The first kappa shape index (κ1) is 15.3. The standard InChI is InChI=1S/C17H10BBrN2O2S/c18-9-8-10(19)14-15(21-12-5-2-1-4-11(12)20-14)16(9)23-17(22)13-6-3-7-24-13/h1-8H,18H2. The van der Waals surface area contributed by atoms with Gasteiger partial charge in [0.25, 0.3) is 0 Å². The third-order valence-electron chi connectivity index (χ3n) is 3.63. The average Bonchev–Trinajstić information content (AvgIpc) is 3.12. The molecule has 0 spiro atoms. The van der Waals surface area contributed by atoms with Crippen molar-refractivity contribution in [2.45, 2.75) is 0 Å². The van der Waals surface area contributed by atoms with Gasteiger partial charge in [-0.2, -0.15) is 0 Å². The van der Waals surface area contributed by atoms with Crippen molar-refractivity contribution in [1.82, 2.24) is 9.97 Å². The van der Waals surface area contributed by atoms with Gasteiger partial charge in [0, 0.05) is 4.47 Å². The molecule has 0 bridgehead atoms. The number of hydrogen-bond acceptors (Lipinski definition) is 5. The van der Waals surface area contributed by atoms with Crippen LogP contribution in [0.2, 0.25) is 0 Å². The Morgan fingerprint density at radius 2 is 1.79 bits per heavy atom. The Morgan fingerprint density at radius 3 is 2.46 bits per heavy atom. The van der Waals surface area contributed by atoms with E-state index in [1.807, 2.05) is 49.6 Å². The summed E-state index contributed by atoms with van der Waals surface area (Å²) in [5, 5.41) is 1.84. The quantitative estimate of drug-likeness (QED) is 0.226. The van der Waals surface area contributed by atoms with E-state index < -0.39 is 0 Å². The smallest absolute Gasteiger partial charge is 0.353 e. The predicted molar refractivity (Wildman–Crippen MR) is 102 cm³/mol. The maximum Gasteiger partial charge on any atom is 0.353 e. The average molecular weight is 397 g/mol. The third kappa shape index (κ3) is 2.59. The summed E-state index contributed by atoms with van der Waals surface area (Å²) >= 11 is 4.88. The molecular weight excluding hydrogens is 387 g/mol. The third-order valence-corrected chi connectivity index (χ3v) is 5.08. The fourth-order valence-electron chi connectivity index (χ4n) is 2.50. The Morgan fingerprint density at radius 1 is 1.08 bits per heavy atom. The summed E-state index contributed by atoms with van der Waals surface area (Å²) in [6.07, 6.45) is 0. The Bertz CT molecular complexity index is 1080. The van der Waals surface area contributed by atoms with Crippen molar-refractivity contribution in [3.05, 3.63) is 57.2 Å². The molecule has 4 aromatic rings. The number of benzene rings is 2. The highest BCUT2D eigenvalue weighted by Crippen LogP contribution is 2.29. The first-order valence-electron chi connectivity index (χ1n) is 7.25. The van der Waals surface area contributed by atoms with Gasteiger partial charge in [-0.15, -0.1) is 11.3 Å². The number of aromatic nitrogens is 2. The number of para-hydroxylation sites is 2. The van der Waals surface area contributed by atoms with E-state index in [-0.39, 0.29) is 5.97 Å². The van der Waals surface area contributed by atoms with E-state index in [1.165, 1.54) is 11.3 Å². The van der Waals surface area contributed by atoms with Crippen LogP contribution in [0.25, 0.3) is 22.1 Å². The fourth-order valence-corrected chi connectivity index (χ4v) is 3.72. The molecule has 0 saturated heterocycles. The van der Waals surface area contributed by atoms with Gasteiger partial charge < -0.3 is 4.74 Å². The molecule has 0 aliphatic heterocycles. The van der Waals surface area contributed by atoms with Crippen LogP contribution >= 0.6 is 27.3 Å². The Hall–Kier alpha value is -2.25. The number of nitrogens with zero attached hydrogens (tertiary/aromatic N) is 2. The molecule has 4 rings (SSSR count). The lowest BCUT2D eigenvalue weighted by Gasteiger charge is -2.11. The molecule has 24 heavy (non-hydrogen) atoms. The number of halogens is 1. The normalized spacial score (nSPS) is 11.0. The van der Waals surface area contributed by atoms with Crippen molar-refractivity contribution in [2.24, 2.45) is 0 Å². The Kier molecular flexibility index (Phi) is 3.82. The van der Waals surface area contributed by atoms with Crippen LogP contribution in [0, 0.1) is 0 Å². The molecule has 0 radical (unpaired) electrons. The second-order valence-corrected chi connectivity index (χ2v) is 7.08. The first-order chi connectivity index (χ1) is 11.6. The number of fused-ring (bicyclic) bond motifs is 2. The van der Waals surface area contributed by atoms with E-state index in [1.54, 1.807) is 6.07 Å². The first-order valence-corrected chi connectivity index (χ1v) is 8.92. The van der Waals surface area contributed by atoms with Crippen LogP contribution in [0.15, 0.2) is 52.3 Å². The van der Waals surface area contributed by atoms with Gasteiger partial charge in [0.2, 0.25) is 0 Å². The zero-order valence-electron chi connectivity index (χ0n) is 12.6. The maximum atomic E-state index is 12.3. The van der Waals surface area contributed by atoms with Crippen molar-refractivity contribution in [2.75, 3.05) is 0 Å². The molecule has 0 aliphatic carbocycles. The summed E-state index contributed by atoms with van der Waals surface area (Å²) in [5.74, 6) is 0.0662. The molecule has 0 fully saturated rings. The molecule has 2 aromatic carbocycles. The molecule has 0 amide bonds. The summed E-state index contributed by atoms with van der Waals surface area (Å²) in [4.78, 5) is 22.2. The Labute approximate surface area is 151 Å². The molecule has 2 aromatic heterocycles. The number of hydrogen-bond donors (Lipinski definition) is 0. The summed E-state index contributed by atoms with van der Waals surface area (Å²) in [5.41, 5.74) is 3.63. The summed E-state index contributed by atoms with van der Waals surface area (Å²) in [6, 6.07) is 13.1. The van der Waals surface area contributed by atoms with Gasteiger partial charge in [0.15, 0.2) is 5.75 Å². The Balaban J connectivity index is 1.93. The molecule has 0 atom stereocenters. The van der Waals surface area contributed by atoms with Crippen molar-refractivity contribution < 1.29 is 9.53 Å². The van der Waals surface area contributed by atoms with Gasteiger partial charge in [0.1, 0.15) is 23.8 Å². The molecular formula is C17H10BBrN2O2S. The van der Waals surface area contributed by atoms with Gasteiger partial charge in [-0.25, -0.2) is 14.8 Å². The maximum absolute atomic E-state index is 12.3. The van der Waals surface area contributed by atoms with Gasteiger partial charge in [0.05, 0.1) is 11.0 Å². The van der Waals surface area contributed by atoms with Crippen molar-refractivity contribution >= 4 is 68.6 Å². The van der Waals surface area contributed by atoms with E-state index in [4.69, 9.17) is 4.74 Å². The van der Waals surface area contributed by atoms with Gasteiger partial charge in [-0.3, -0.25) is 0 Å². The van der Waals surface area contributed by atoms with Gasteiger partial charge in [-0.05, 0) is 51.0 Å². The zero-order valence-corrected chi connectivity index (χ0v) is 15.0. The topological polar surface area (TPSA) is 52.1 Å². The van der Waals surface area contributed by atoms with Crippen LogP contribution in [0.5, 0.6) is 5.75 Å². The summed E-state index contributed by atoms with van der Waals surface area (Å²) < 4.78 is 6.48. The van der Waals surface area contributed by atoms with Crippen LogP contribution in [0.4, 0.5) is 0 Å². The largest absolute Gasteiger partial charge is 0.421 e. The molecule has 0 unspecified atom stereocenters. The number of esters is 1. The number of rotatable bonds is 2. The van der Waals surface area contributed by atoms with E-state index in [9.17, 15) is 4.79 Å². The van der Waals surface area contributed by atoms with Crippen molar-refractivity contribution in [3.63, 3.8) is 0 Å². The van der Waals surface area contributed by atoms with E-state index in [0.717, 1.165) is 21.0 Å². The van der Waals surface area contributed by atoms with E-state index in [0.29, 0.717) is 21.7 Å². The second kappa shape index (κ2) is 6.00. The molecule has 2 heterocycles. The lowest BCUT2D eigenvalue weighted by Crippen LogP contribution is -2.16. The molecule has 0 saturated carbocycles. The van der Waals surface area contributed by atoms with Gasteiger partial charge in [-0.1, -0.05) is 18.2 Å². The molecule has 116 valence electrons. The molecule has 0 N–H and O–H groups in total. The number of ether oxygens (including phenoxy) is 1. The van der Waals surface area contributed by atoms with E-state index in [2.05, 4.69) is 25.9 Å². The summed E-state index contributed by atoms with van der Waals surface area (Å²) in [7, 11) is 1.89. The minimum absolute atomic E-state index is 0.383. The predicted octanol–water partition coefficient (Wildman–Crippen LogP) is 3.08. The fraction of sp³-hybridized carbons (Fsp3) is 0. The minimum Gasteiger partial charge on any atom is -0.421 e. The highest BCUT2D eigenvalue weighted by Gasteiger charge is 2.18. The van der Waals surface area contributed by atoms with Crippen molar-refractivity contribution in [1.29, 1.82) is 0 Å². The highest BCUT2D eigenvalue weighted by molar-refractivity contribution is 9.10. The highest BCUT2D eigenvalue weighted by atomic mass is 79.9.